The zero-order valence-corrected chi connectivity index (χ0v) is 18.9. The van der Waals surface area contributed by atoms with Crippen LogP contribution in [0.5, 0.6) is 0 Å². The van der Waals surface area contributed by atoms with Gasteiger partial charge in [0.1, 0.15) is 6.04 Å². The second-order valence-electron chi connectivity index (χ2n) is 7.30. The van der Waals surface area contributed by atoms with Gasteiger partial charge in [-0.25, -0.2) is 4.79 Å². The van der Waals surface area contributed by atoms with Crippen molar-refractivity contribution in [3.8, 4) is 0 Å². The molecule has 0 spiro atoms. The molecule has 0 saturated carbocycles. The Bertz CT molecular complexity index is 1000. The second-order valence-corrected chi connectivity index (χ2v) is 8.16. The standard InChI is InChI=1S/C23H23BrN2O5/c1-3-4-9-19(26-21(28)16-7-5-6-8-17(16)22(26)29)23(30)31-13-20(27)25-15-10-11-18(24)14(2)12-15/h5-8,10-12,19H,3-4,9,13H2,1-2H3,(H,25,27)/t19-/m0/s1. The van der Waals surface area contributed by atoms with Gasteiger partial charge in [0.25, 0.3) is 17.7 Å². The largest absolute Gasteiger partial charge is 0.454 e. The molecule has 1 heterocycles. The maximum absolute atomic E-state index is 12.8. The number of esters is 1. The number of aryl methyl sites for hydroxylation is 1. The van der Waals surface area contributed by atoms with Crippen molar-refractivity contribution in [2.24, 2.45) is 0 Å². The number of hydrogen-bond acceptors (Lipinski definition) is 5. The number of unbranched alkanes of at least 4 members (excludes halogenated alkanes) is 1. The van der Waals surface area contributed by atoms with E-state index >= 15 is 0 Å². The van der Waals surface area contributed by atoms with E-state index in [0.717, 1.165) is 21.4 Å². The van der Waals surface area contributed by atoms with Gasteiger partial charge in [-0.3, -0.25) is 19.3 Å². The maximum atomic E-state index is 12.8. The third-order valence-corrected chi connectivity index (χ3v) is 5.92. The molecule has 2 aromatic rings. The number of ether oxygens (including phenoxy) is 1. The number of hydrogen-bond donors (Lipinski definition) is 1. The zero-order valence-electron chi connectivity index (χ0n) is 17.3. The number of nitrogens with zero attached hydrogens (tertiary/aromatic N) is 1. The molecule has 0 bridgehead atoms. The van der Waals surface area contributed by atoms with E-state index in [1.807, 2.05) is 13.8 Å². The van der Waals surface area contributed by atoms with Crippen molar-refractivity contribution in [1.29, 1.82) is 0 Å². The summed E-state index contributed by atoms with van der Waals surface area (Å²) in [6, 6.07) is 10.7. The van der Waals surface area contributed by atoms with E-state index in [0.29, 0.717) is 12.1 Å². The normalized spacial score (nSPS) is 13.7. The Labute approximate surface area is 188 Å². The Kier molecular flexibility index (Phi) is 7.22. The average Bonchev–Trinajstić information content (AvgIpc) is 3.00. The van der Waals surface area contributed by atoms with Gasteiger partial charge in [0.05, 0.1) is 11.1 Å². The number of anilines is 1. The number of carbonyl (C=O) groups is 4. The Balaban J connectivity index is 1.68. The predicted molar refractivity (Wildman–Crippen MR) is 119 cm³/mol. The summed E-state index contributed by atoms with van der Waals surface area (Å²) in [6.07, 6.45) is 1.67. The SMILES string of the molecule is CCCC[C@@H](C(=O)OCC(=O)Nc1ccc(Br)c(C)c1)N1C(=O)c2ccccc2C1=O. The number of carbonyl (C=O) groups excluding carboxylic acids is 4. The van der Waals surface area contributed by atoms with Gasteiger partial charge in [0, 0.05) is 10.2 Å². The highest BCUT2D eigenvalue weighted by Gasteiger charge is 2.43. The van der Waals surface area contributed by atoms with Crippen molar-refractivity contribution in [2.45, 2.75) is 39.2 Å². The maximum Gasteiger partial charge on any atom is 0.329 e. The summed E-state index contributed by atoms with van der Waals surface area (Å²) in [5.74, 6) is -2.32. The first-order chi connectivity index (χ1) is 14.8. The van der Waals surface area contributed by atoms with Crippen LogP contribution < -0.4 is 5.32 Å². The predicted octanol–water partition coefficient (Wildman–Crippen LogP) is 4.09. The number of nitrogens with one attached hydrogen (secondary N) is 1. The fourth-order valence-corrected chi connectivity index (χ4v) is 3.64. The van der Waals surface area contributed by atoms with Crippen LogP contribution in [-0.4, -0.2) is 41.2 Å². The molecule has 7 nitrogen and oxygen atoms in total. The van der Waals surface area contributed by atoms with Crippen molar-refractivity contribution in [3.05, 3.63) is 63.6 Å². The van der Waals surface area contributed by atoms with Gasteiger partial charge >= 0.3 is 5.97 Å². The van der Waals surface area contributed by atoms with Crippen LogP contribution in [0.3, 0.4) is 0 Å². The Morgan fingerprint density at radius 1 is 1.10 bits per heavy atom. The summed E-state index contributed by atoms with van der Waals surface area (Å²) in [7, 11) is 0. The molecule has 0 unspecified atom stereocenters. The van der Waals surface area contributed by atoms with Crippen molar-refractivity contribution >= 4 is 45.3 Å². The molecule has 0 fully saturated rings. The minimum atomic E-state index is -1.07. The minimum Gasteiger partial charge on any atom is -0.454 e. The number of rotatable bonds is 8. The topological polar surface area (TPSA) is 92.8 Å². The summed E-state index contributed by atoms with van der Waals surface area (Å²) in [4.78, 5) is 51.5. The first-order valence-electron chi connectivity index (χ1n) is 10.0. The van der Waals surface area contributed by atoms with E-state index in [1.54, 1.807) is 42.5 Å². The third-order valence-electron chi connectivity index (χ3n) is 5.03. The summed E-state index contributed by atoms with van der Waals surface area (Å²) < 4.78 is 6.10. The minimum absolute atomic E-state index is 0.269. The molecule has 0 radical (unpaired) electrons. The van der Waals surface area contributed by atoms with E-state index in [4.69, 9.17) is 4.74 Å². The van der Waals surface area contributed by atoms with Crippen LogP contribution in [0, 0.1) is 6.92 Å². The van der Waals surface area contributed by atoms with Gasteiger partial charge in [0.15, 0.2) is 6.61 Å². The van der Waals surface area contributed by atoms with E-state index < -0.39 is 36.3 Å². The molecule has 162 valence electrons. The quantitative estimate of drug-likeness (QED) is 0.447. The van der Waals surface area contributed by atoms with Crippen LogP contribution in [0.25, 0.3) is 0 Å². The number of halogens is 1. The fourth-order valence-electron chi connectivity index (χ4n) is 3.39. The van der Waals surface area contributed by atoms with Crippen molar-refractivity contribution < 1.29 is 23.9 Å². The van der Waals surface area contributed by atoms with Gasteiger partial charge < -0.3 is 10.1 Å². The highest BCUT2D eigenvalue weighted by Crippen LogP contribution is 2.27. The molecule has 8 heteroatoms. The summed E-state index contributed by atoms with van der Waals surface area (Å²) >= 11 is 3.39. The summed E-state index contributed by atoms with van der Waals surface area (Å²) in [5, 5.41) is 2.66. The van der Waals surface area contributed by atoms with Crippen LogP contribution in [0.2, 0.25) is 0 Å². The highest BCUT2D eigenvalue weighted by atomic mass is 79.9. The van der Waals surface area contributed by atoms with Crippen molar-refractivity contribution in [1.82, 2.24) is 4.90 Å². The van der Waals surface area contributed by atoms with Gasteiger partial charge in [-0.15, -0.1) is 0 Å². The first-order valence-corrected chi connectivity index (χ1v) is 10.8. The molecule has 1 N–H and O–H groups in total. The molecule has 31 heavy (non-hydrogen) atoms. The van der Waals surface area contributed by atoms with E-state index in [1.165, 1.54) is 0 Å². The molecule has 0 saturated heterocycles. The molecular weight excluding hydrogens is 464 g/mol. The van der Waals surface area contributed by atoms with Gasteiger partial charge in [-0.1, -0.05) is 47.8 Å². The monoisotopic (exact) mass is 486 g/mol. The zero-order chi connectivity index (χ0) is 22.5. The summed E-state index contributed by atoms with van der Waals surface area (Å²) in [6.45, 7) is 3.32. The lowest BCUT2D eigenvalue weighted by Gasteiger charge is -2.24. The van der Waals surface area contributed by atoms with Gasteiger partial charge in [-0.2, -0.15) is 0 Å². The third kappa shape index (κ3) is 5.02. The average molecular weight is 487 g/mol. The van der Waals surface area contributed by atoms with Crippen molar-refractivity contribution in [2.75, 3.05) is 11.9 Å². The smallest absolute Gasteiger partial charge is 0.329 e. The Morgan fingerprint density at radius 3 is 2.32 bits per heavy atom. The van der Waals surface area contributed by atoms with Crippen LogP contribution >= 0.6 is 15.9 Å². The fraction of sp³-hybridized carbons (Fsp3) is 0.304. The molecular formula is C23H23BrN2O5. The molecule has 0 aromatic heterocycles. The van der Waals surface area contributed by atoms with E-state index in [9.17, 15) is 19.2 Å². The van der Waals surface area contributed by atoms with Crippen LogP contribution in [0.15, 0.2) is 46.9 Å². The van der Waals surface area contributed by atoms with Gasteiger partial charge in [-0.05, 0) is 49.2 Å². The van der Waals surface area contributed by atoms with Crippen LogP contribution in [0.1, 0.15) is 52.5 Å². The lowest BCUT2D eigenvalue weighted by atomic mass is 10.1. The molecule has 3 amide bonds. The number of amides is 3. The number of imide groups is 1. The molecule has 1 atom stereocenters. The molecule has 0 aliphatic carbocycles. The van der Waals surface area contributed by atoms with E-state index in [2.05, 4.69) is 21.2 Å². The lowest BCUT2D eigenvalue weighted by Crippen LogP contribution is -2.46. The van der Waals surface area contributed by atoms with Gasteiger partial charge in [0.2, 0.25) is 0 Å². The van der Waals surface area contributed by atoms with Crippen LogP contribution in [-0.2, 0) is 14.3 Å². The number of benzene rings is 2. The molecule has 1 aliphatic heterocycles. The molecule has 2 aromatic carbocycles. The molecule has 3 rings (SSSR count). The lowest BCUT2D eigenvalue weighted by molar-refractivity contribution is -0.151. The van der Waals surface area contributed by atoms with Crippen molar-refractivity contribution in [3.63, 3.8) is 0 Å². The number of fused-ring (bicyclic) bond motifs is 1. The molecule has 1 aliphatic rings. The Hall–Kier alpha value is -3.00. The first kappa shape index (κ1) is 22.7. The van der Waals surface area contributed by atoms with Crippen LogP contribution in [0.4, 0.5) is 5.69 Å². The summed E-state index contributed by atoms with van der Waals surface area (Å²) in [5.41, 5.74) is 2.06. The van der Waals surface area contributed by atoms with E-state index in [-0.39, 0.29) is 17.5 Å². The second kappa shape index (κ2) is 9.87. The highest BCUT2D eigenvalue weighted by molar-refractivity contribution is 9.10. The Morgan fingerprint density at radius 2 is 1.74 bits per heavy atom.